The molecule has 0 bridgehead atoms. The van der Waals surface area contributed by atoms with Gasteiger partial charge in [0, 0.05) is 11.3 Å². The number of nitrogen functional groups attached to an aromatic ring is 1. The lowest BCUT2D eigenvalue weighted by atomic mass is 10.0. The maximum Gasteiger partial charge on any atom is 0.255 e. The number of rotatable bonds is 2. The van der Waals surface area contributed by atoms with Gasteiger partial charge in [-0.05, 0) is 31.0 Å². The average molecular weight is 275 g/mol. The summed E-state index contributed by atoms with van der Waals surface area (Å²) in [6, 6.07) is 4.42. The van der Waals surface area contributed by atoms with E-state index in [0.29, 0.717) is 23.2 Å². The Morgan fingerprint density at radius 1 is 1.45 bits per heavy atom. The smallest absolute Gasteiger partial charge is 0.255 e. The highest BCUT2D eigenvalue weighted by Gasteiger charge is 2.36. The van der Waals surface area contributed by atoms with E-state index in [0.717, 1.165) is 0 Å². The summed E-state index contributed by atoms with van der Waals surface area (Å²) in [4.78, 5) is 37.1. The van der Waals surface area contributed by atoms with Gasteiger partial charge in [0.15, 0.2) is 0 Å². The highest BCUT2D eigenvalue weighted by atomic mass is 16.2. The number of amides is 3. The first-order valence-electron chi connectivity index (χ1n) is 6.45. The zero-order valence-electron chi connectivity index (χ0n) is 11.5. The summed E-state index contributed by atoms with van der Waals surface area (Å²) in [6.07, 6.45) is 0.451. The van der Waals surface area contributed by atoms with E-state index in [1.807, 2.05) is 0 Å². The highest BCUT2D eigenvalue weighted by molar-refractivity contribution is 6.07. The van der Waals surface area contributed by atoms with Crippen LogP contribution in [0.25, 0.3) is 0 Å². The van der Waals surface area contributed by atoms with Crippen molar-refractivity contribution in [2.24, 2.45) is 0 Å². The minimum Gasteiger partial charge on any atom is -0.398 e. The second kappa shape index (κ2) is 5.32. The highest BCUT2D eigenvalue weighted by Crippen LogP contribution is 2.20. The number of imide groups is 1. The van der Waals surface area contributed by atoms with Gasteiger partial charge in [0.25, 0.3) is 5.91 Å². The molecule has 20 heavy (non-hydrogen) atoms. The van der Waals surface area contributed by atoms with Gasteiger partial charge in [-0.25, -0.2) is 0 Å². The Balaban J connectivity index is 2.37. The van der Waals surface area contributed by atoms with E-state index < -0.39 is 17.9 Å². The van der Waals surface area contributed by atoms with Crippen LogP contribution in [0.15, 0.2) is 18.2 Å². The molecule has 0 saturated carbocycles. The molecule has 0 aromatic heterocycles. The third-order valence-corrected chi connectivity index (χ3v) is 3.51. The van der Waals surface area contributed by atoms with E-state index in [4.69, 9.17) is 5.73 Å². The summed E-state index contributed by atoms with van der Waals surface area (Å²) in [7, 11) is 0. The van der Waals surface area contributed by atoms with Crippen molar-refractivity contribution in [1.82, 2.24) is 10.2 Å². The van der Waals surface area contributed by atoms with Gasteiger partial charge in [0.2, 0.25) is 11.8 Å². The molecule has 1 unspecified atom stereocenters. The lowest BCUT2D eigenvalue weighted by molar-refractivity contribution is -0.138. The summed E-state index contributed by atoms with van der Waals surface area (Å²) < 4.78 is 0. The minimum absolute atomic E-state index is 0.114. The topological polar surface area (TPSA) is 92.5 Å². The Hall–Kier alpha value is -2.37. The summed E-state index contributed by atoms with van der Waals surface area (Å²) in [5.41, 5.74) is 7.38. The number of hydrogen-bond donors (Lipinski definition) is 2. The van der Waals surface area contributed by atoms with Crippen molar-refractivity contribution in [1.29, 1.82) is 0 Å². The van der Waals surface area contributed by atoms with Crippen molar-refractivity contribution in [3.05, 3.63) is 29.3 Å². The van der Waals surface area contributed by atoms with Crippen LogP contribution in [0.5, 0.6) is 0 Å². The predicted octanol–water partition coefficient (Wildman–Crippen LogP) is 0.454. The molecule has 1 heterocycles. The van der Waals surface area contributed by atoms with Crippen LogP contribution in [-0.2, 0) is 9.59 Å². The number of nitrogens with one attached hydrogen (secondary N) is 1. The third kappa shape index (κ3) is 2.36. The quantitative estimate of drug-likeness (QED) is 0.605. The molecule has 1 atom stereocenters. The second-order valence-corrected chi connectivity index (χ2v) is 4.79. The molecule has 0 radical (unpaired) electrons. The largest absolute Gasteiger partial charge is 0.398 e. The zero-order chi connectivity index (χ0) is 14.9. The Morgan fingerprint density at radius 3 is 2.80 bits per heavy atom. The van der Waals surface area contributed by atoms with Gasteiger partial charge in [-0.1, -0.05) is 13.0 Å². The van der Waals surface area contributed by atoms with E-state index >= 15 is 0 Å². The molecule has 1 aliphatic rings. The maximum atomic E-state index is 12.6. The monoisotopic (exact) mass is 275 g/mol. The van der Waals surface area contributed by atoms with Gasteiger partial charge in [-0.2, -0.15) is 0 Å². The summed E-state index contributed by atoms with van der Waals surface area (Å²) in [6.45, 7) is 3.43. The standard InChI is InChI=1S/C14H17N3O3/c1-3-11-13(19)16-12(18)7-17(11)14(20)9-5-4-6-10(15)8(9)2/h4-6,11H,3,7,15H2,1-2H3,(H,16,18,19). The normalized spacial score (nSPS) is 18.9. The van der Waals surface area contributed by atoms with Gasteiger partial charge in [-0.15, -0.1) is 0 Å². The van der Waals surface area contributed by atoms with E-state index in [1.54, 1.807) is 32.0 Å². The molecule has 0 spiro atoms. The van der Waals surface area contributed by atoms with Crippen LogP contribution in [0.3, 0.4) is 0 Å². The first-order chi connectivity index (χ1) is 9.45. The summed E-state index contributed by atoms with van der Waals surface area (Å²) >= 11 is 0. The number of anilines is 1. The molecule has 0 aliphatic carbocycles. The van der Waals surface area contributed by atoms with Crippen LogP contribution >= 0.6 is 0 Å². The molecule has 1 aromatic rings. The molecule has 1 aromatic carbocycles. The van der Waals surface area contributed by atoms with Gasteiger partial charge in [0.05, 0.1) is 0 Å². The van der Waals surface area contributed by atoms with Crippen molar-refractivity contribution in [3.63, 3.8) is 0 Å². The van der Waals surface area contributed by atoms with Crippen LogP contribution in [0.4, 0.5) is 5.69 Å². The molecule has 6 nitrogen and oxygen atoms in total. The average Bonchev–Trinajstić information content (AvgIpc) is 2.40. The van der Waals surface area contributed by atoms with Crippen molar-refractivity contribution >= 4 is 23.4 Å². The van der Waals surface area contributed by atoms with Crippen LogP contribution in [0.1, 0.15) is 29.3 Å². The van der Waals surface area contributed by atoms with Gasteiger partial charge in [0.1, 0.15) is 12.6 Å². The van der Waals surface area contributed by atoms with E-state index in [2.05, 4.69) is 5.32 Å². The molecule has 6 heteroatoms. The summed E-state index contributed by atoms with van der Waals surface area (Å²) in [5.74, 6) is -1.24. The fraction of sp³-hybridized carbons (Fsp3) is 0.357. The molecular weight excluding hydrogens is 258 g/mol. The molecule has 2 rings (SSSR count). The molecule has 3 amide bonds. The Morgan fingerprint density at radius 2 is 2.15 bits per heavy atom. The van der Waals surface area contributed by atoms with Crippen molar-refractivity contribution < 1.29 is 14.4 Å². The van der Waals surface area contributed by atoms with Gasteiger partial charge >= 0.3 is 0 Å². The fourth-order valence-electron chi connectivity index (χ4n) is 2.33. The predicted molar refractivity (Wildman–Crippen MR) is 73.9 cm³/mol. The van der Waals surface area contributed by atoms with Crippen LogP contribution in [-0.4, -0.2) is 35.2 Å². The zero-order valence-corrected chi connectivity index (χ0v) is 11.5. The number of carbonyl (C=O) groups is 3. The van der Waals surface area contributed by atoms with E-state index in [1.165, 1.54) is 4.90 Å². The lowest BCUT2D eigenvalue weighted by Gasteiger charge is -2.33. The first kappa shape index (κ1) is 14.0. The first-order valence-corrected chi connectivity index (χ1v) is 6.45. The number of carbonyl (C=O) groups excluding carboxylic acids is 3. The molecular formula is C14H17N3O3. The third-order valence-electron chi connectivity index (χ3n) is 3.51. The number of piperazine rings is 1. The lowest BCUT2D eigenvalue weighted by Crippen LogP contribution is -2.59. The van der Waals surface area contributed by atoms with E-state index in [-0.39, 0.29) is 12.5 Å². The number of nitrogens with two attached hydrogens (primary N) is 1. The Bertz CT molecular complexity index is 583. The second-order valence-electron chi connectivity index (χ2n) is 4.79. The van der Waals surface area contributed by atoms with Crippen LogP contribution in [0.2, 0.25) is 0 Å². The van der Waals surface area contributed by atoms with Crippen molar-refractivity contribution in [2.45, 2.75) is 26.3 Å². The van der Waals surface area contributed by atoms with Gasteiger partial charge in [-0.3, -0.25) is 19.7 Å². The molecule has 106 valence electrons. The number of benzene rings is 1. The van der Waals surface area contributed by atoms with Crippen molar-refractivity contribution in [3.8, 4) is 0 Å². The van der Waals surface area contributed by atoms with Crippen LogP contribution in [0, 0.1) is 6.92 Å². The summed E-state index contributed by atoms with van der Waals surface area (Å²) in [5, 5.41) is 2.25. The van der Waals surface area contributed by atoms with Gasteiger partial charge < -0.3 is 10.6 Å². The number of hydrogen-bond acceptors (Lipinski definition) is 4. The van der Waals surface area contributed by atoms with Crippen molar-refractivity contribution in [2.75, 3.05) is 12.3 Å². The minimum atomic E-state index is -0.624. The number of nitrogens with zero attached hydrogens (tertiary/aromatic N) is 1. The molecule has 3 N–H and O–H groups in total. The Labute approximate surface area is 116 Å². The molecule has 1 fully saturated rings. The Kier molecular flexibility index (Phi) is 3.74. The maximum absolute atomic E-state index is 12.6. The SMILES string of the molecule is CCC1C(=O)NC(=O)CN1C(=O)c1cccc(N)c1C. The molecule has 1 saturated heterocycles. The van der Waals surface area contributed by atoms with Crippen LogP contribution < -0.4 is 11.1 Å². The van der Waals surface area contributed by atoms with E-state index in [9.17, 15) is 14.4 Å². The molecule has 1 aliphatic heterocycles. The fourth-order valence-corrected chi connectivity index (χ4v) is 2.33.